The van der Waals surface area contributed by atoms with Gasteiger partial charge in [0.05, 0.1) is 28.8 Å². The lowest BCUT2D eigenvalue weighted by Gasteiger charge is -2.14. The molecule has 2 aromatic carbocycles. The second kappa shape index (κ2) is 10.1. The van der Waals surface area contributed by atoms with Gasteiger partial charge in [-0.3, -0.25) is 9.78 Å². The number of nitrogens with zero attached hydrogens (tertiary/aromatic N) is 1. The van der Waals surface area contributed by atoms with E-state index in [1.54, 1.807) is 30.6 Å². The maximum Gasteiger partial charge on any atom is 0.310 e. The lowest BCUT2D eigenvalue weighted by molar-refractivity contribution is -0.142. The monoisotopic (exact) mass is 414 g/mol. The summed E-state index contributed by atoms with van der Waals surface area (Å²) in [5, 5.41) is 4.26. The summed E-state index contributed by atoms with van der Waals surface area (Å²) in [5.41, 5.74) is 3.38. The third-order valence-electron chi connectivity index (χ3n) is 4.20. The van der Waals surface area contributed by atoms with Crippen molar-refractivity contribution in [2.45, 2.75) is 19.3 Å². The van der Waals surface area contributed by atoms with Crippen molar-refractivity contribution in [2.24, 2.45) is 0 Å². The molecule has 0 amide bonds. The van der Waals surface area contributed by atoms with Crippen molar-refractivity contribution in [1.82, 2.24) is 4.98 Å². The molecule has 0 saturated carbocycles. The Morgan fingerprint density at radius 3 is 2.43 bits per heavy atom. The highest BCUT2D eigenvalue weighted by Gasteiger charge is 2.12. The molecule has 4 nitrogen and oxygen atoms in total. The molecule has 0 unspecified atom stereocenters. The van der Waals surface area contributed by atoms with E-state index in [0.29, 0.717) is 22.3 Å². The van der Waals surface area contributed by atoms with Gasteiger partial charge in [-0.2, -0.15) is 0 Å². The van der Waals surface area contributed by atoms with Gasteiger partial charge in [0.1, 0.15) is 0 Å². The number of hydrogen-bond acceptors (Lipinski definition) is 4. The largest absolute Gasteiger partial charge is 0.465 e. The van der Waals surface area contributed by atoms with Crippen LogP contribution < -0.4 is 5.32 Å². The first-order valence-electron chi connectivity index (χ1n) is 8.97. The minimum atomic E-state index is -0.269. The Kier molecular flexibility index (Phi) is 7.29. The maximum absolute atomic E-state index is 12.3. The lowest BCUT2D eigenvalue weighted by Crippen LogP contribution is -2.11. The van der Waals surface area contributed by atoms with Crippen LogP contribution in [0, 0.1) is 0 Å². The second-order valence-electron chi connectivity index (χ2n) is 6.24. The molecule has 1 N–H and O–H groups in total. The Morgan fingerprint density at radius 1 is 0.964 bits per heavy atom. The zero-order valence-corrected chi connectivity index (χ0v) is 16.7. The molecule has 1 heterocycles. The molecule has 0 atom stereocenters. The highest BCUT2D eigenvalue weighted by atomic mass is 35.5. The average Bonchev–Trinajstić information content (AvgIpc) is 2.70. The number of hydrogen-bond donors (Lipinski definition) is 1. The van der Waals surface area contributed by atoms with Gasteiger partial charge < -0.3 is 10.1 Å². The van der Waals surface area contributed by atoms with Gasteiger partial charge in [0, 0.05) is 18.1 Å². The number of carbonyl (C=O) groups excluding carboxylic acids is 1. The fourth-order valence-electron chi connectivity index (χ4n) is 2.77. The van der Waals surface area contributed by atoms with Crippen molar-refractivity contribution in [3.05, 3.63) is 88.2 Å². The molecule has 0 aliphatic carbocycles. The minimum Gasteiger partial charge on any atom is -0.465 e. The first kappa shape index (κ1) is 20.2. The van der Waals surface area contributed by atoms with Gasteiger partial charge in [0.15, 0.2) is 0 Å². The molecule has 1 aromatic heterocycles. The summed E-state index contributed by atoms with van der Waals surface area (Å²) in [6.07, 6.45) is 5.30. The van der Waals surface area contributed by atoms with Crippen LogP contribution in [-0.4, -0.2) is 17.6 Å². The smallest absolute Gasteiger partial charge is 0.310 e. The Morgan fingerprint density at radius 2 is 1.68 bits per heavy atom. The molecule has 3 rings (SSSR count). The van der Waals surface area contributed by atoms with Crippen LogP contribution in [0.25, 0.3) is 0 Å². The molecule has 6 heteroatoms. The van der Waals surface area contributed by atoms with E-state index < -0.39 is 0 Å². The molecule has 0 fully saturated rings. The highest BCUT2D eigenvalue weighted by Crippen LogP contribution is 2.33. The summed E-state index contributed by atoms with van der Waals surface area (Å²) in [4.78, 5) is 16.2. The summed E-state index contributed by atoms with van der Waals surface area (Å²) >= 11 is 12.5. The van der Waals surface area contributed by atoms with E-state index in [1.165, 1.54) is 5.56 Å². The predicted octanol–water partition coefficient (Wildman–Crippen LogP) is 5.85. The first-order valence-corrected chi connectivity index (χ1v) is 9.72. The van der Waals surface area contributed by atoms with Gasteiger partial charge in [-0.05, 0) is 54.3 Å². The van der Waals surface area contributed by atoms with Crippen molar-refractivity contribution in [3.8, 4) is 0 Å². The highest BCUT2D eigenvalue weighted by molar-refractivity contribution is 6.39. The fourth-order valence-corrected chi connectivity index (χ4v) is 3.26. The summed E-state index contributed by atoms with van der Waals surface area (Å²) in [5.74, 6) is -0.269. The maximum atomic E-state index is 12.3. The van der Waals surface area contributed by atoms with E-state index in [-0.39, 0.29) is 12.4 Å². The third kappa shape index (κ3) is 5.72. The van der Waals surface area contributed by atoms with Crippen LogP contribution in [0.3, 0.4) is 0 Å². The fraction of sp³-hybridized carbons (Fsp3) is 0.182. The summed E-state index contributed by atoms with van der Waals surface area (Å²) in [7, 11) is 0. The Bertz CT molecular complexity index is 913. The van der Waals surface area contributed by atoms with Crippen LogP contribution in [0.15, 0.2) is 67.0 Å². The van der Waals surface area contributed by atoms with Gasteiger partial charge in [-0.15, -0.1) is 0 Å². The van der Waals surface area contributed by atoms with Crippen LogP contribution in [0.5, 0.6) is 0 Å². The molecule has 3 aromatic rings. The molecular formula is C22H20Cl2N2O2. The number of para-hydroxylation sites is 2. The molecule has 0 aliphatic rings. The number of carbonyl (C=O) groups is 1. The van der Waals surface area contributed by atoms with Gasteiger partial charge in [0.25, 0.3) is 0 Å². The number of ether oxygens (including phenoxy) is 1. The van der Waals surface area contributed by atoms with Gasteiger partial charge in [-0.1, -0.05) is 47.5 Å². The first-order chi connectivity index (χ1) is 13.6. The summed E-state index contributed by atoms with van der Waals surface area (Å²) in [6.45, 7) is 0.382. The van der Waals surface area contributed by atoms with Crippen LogP contribution in [-0.2, 0) is 22.4 Å². The second-order valence-corrected chi connectivity index (χ2v) is 7.05. The molecular weight excluding hydrogens is 395 g/mol. The number of anilines is 2. The van der Waals surface area contributed by atoms with E-state index in [0.717, 1.165) is 24.1 Å². The number of aromatic nitrogens is 1. The summed E-state index contributed by atoms with van der Waals surface area (Å²) < 4.78 is 5.39. The van der Waals surface area contributed by atoms with E-state index in [1.807, 2.05) is 36.4 Å². The predicted molar refractivity (Wildman–Crippen MR) is 113 cm³/mol. The number of rotatable bonds is 8. The Hall–Kier alpha value is -2.56. The number of nitrogens with one attached hydrogen (secondary N) is 1. The van der Waals surface area contributed by atoms with E-state index in [9.17, 15) is 4.79 Å². The quantitative estimate of drug-likeness (QED) is 0.370. The van der Waals surface area contributed by atoms with Crippen LogP contribution in [0.1, 0.15) is 17.5 Å². The molecule has 0 bridgehead atoms. The average molecular weight is 415 g/mol. The van der Waals surface area contributed by atoms with E-state index >= 15 is 0 Å². The van der Waals surface area contributed by atoms with Crippen LogP contribution >= 0.6 is 23.2 Å². The molecule has 28 heavy (non-hydrogen) atoms. The van der Waals surface area contributed by atoms with Gasteiger partial charge in [-0.25, -0.2) is 0 Å². The number of esters is 1. The van der Waals surface area contributed by atoms with Crippen LogP contribution in [0.4, 0.5) is 11.4 Å². The molecule has 0 aliphatic heterocycles. The minimum absolute atomic E-state index is 0.167. The molecule has 0 spiro atoms. The molecule has 0 saturated heterocycles. The molecule has 144 valence electrons. The normalized spacial score (nSPS) is 10.5. The number of aryl methyl sites for hydroxylation is 1. The van der Waals surface area contributed by atoms with Crippen molar-refractivity contribution in [1.29, 1.82) is 0 Å². The van der Waals surface area contributed by atoms with Crippen molar-refractivity contribution >= 4 is 40.5 Å². The standard InChI is InChI=1S/C22H20Cl2N2O2/c23-18-7-3-8-19(24)22(18)26-20-9-2-1-6-17(20)15-21(27)28-14-4-5-16-10-12-25-13-11-16/h1-3,6-13,26H,4-5,14-15H2. The van der Waals surface area contributed by atoms with Crippen molar-refractivity contribution in [3.63, 3.8) is 0 Å². The van der Waals surface area contributed by atoms with Crippen molar-refractivity contribution < 1.29 is 9.53 Å². The number of halogens is 2. The Balaban J connectivity index is 1.56. The zero-order chi connectivity index (χ0) is 19.8. The molecule has 0 radical (unpaired) electrons. The summed E-state index contributed by atoms with van der Waals surface area (Å²) in [6, 6.07) is 16.8. The van der Waals surface area contributed by atoms with Crippen LogP contribution in [0.2, 0.25) is 10.0 Å². The topological polar surface area (TPSA) is 51.2 Å². The zero-order valence-electron chi connectivity index (χ0n) is 15.2. The van der Waals surface area contributed by atoms with Crippen molar-refractivity contribution in [2.75, 3.05) is 11.9 Å². The van der Waals surface area contributed by atoms with Gasteiger partial charge >= 0.3 is 5.97 Å². The third-order valence-corrected chi connectivity index (χ3v) is 4.83. The lowest BCUT2D eigenvalue weighted by atomic mass is 10.1. The van der Waals surface area contributed by atoms with E-state index in [4.69, 9.17) is 27.9 Å². The van der Waals surface area contributed by atoms with Gasteiger partial charge in [0.2, 0.25) is 0 Å². The number of pyridine rings is 1. The Labute approximate surface area is 174 Å². The SMILES string of the molecule is O=C(Cc1ccccc1Nc1c(Cl)cccc1Cl)OCCCc1ccncc1. The number of benzene rings is 2. The van der Waals surface area contributed by atoms with E-state index in [2.05, 4.69) is 10.3 Å².